The number of nitrogens with zero attached hydrogens (tertiary/aromatic N) is 1. The van der Waals surface area contributed by atoms with E-state index in [1.807, 2.05) is 19.1 Å². The summed E-state index contributed by atoms with van der Waals surface area (Å²) < 4.78 is 16.8. The van der Waals surface area contributed by atoms with E-state index in [9.17, 15) is 14.9 Å². The Bertz CT molecular complexity index is 982. The molecule has 0 saturated heterocycles. The molecule has 0 heterocycles. The van der Waals surface area contributed by atoms with E-state index in [-0.39, 0.29) is 23.7 Å². The Hall–Kier alpha value is -3.31. The lowest BCUT2D eigenvalue weighted by Crippen LogP contribution is -2.25. The highest BCUT2D eigenvalue weighted by Crippen LogP contribution is 2.29. The second-order valence-corrected chi connectivity index (χ2v) is 6.88. The van der Waals surface area contributed by atoms with Crippen molar-refractivity contribution in [2.45, 2.75) is 13.3 Å². The van der Waals surface area contributed by atoms with Crippen molar-refractivity contribution in [1.29, 1.82) is 5.26 Å². The van der Waals surface area contributed by atoms with E-state index >= 15 is 0 Å². The van der Waals surface area contributed by atoms with Gasteiger partial charge in [0.2, 0.25) is 0 Å². The number of hydrogen-bond donors (Lipinski definition) is 1. The van der Waals surface area contributed by atoms with Crippen LogP contribution in [0, 0.1) is 11.3 Å². The van der Waals surface area contributed by atoms with E-state index in [2.05, 4.69) is 21.2 Å². The van der Waals surface area contributed by atoms with Crippen LogP contribution in [0.2, 0.25) is 0 Å². The van der Waals surface area contributed by atoms with Gasteiger partial charge in [0.1, 0.15) is 17.4 Å². The van der Waals surface area contributed by atoms with Crippen molar-refractivity contribution in [3.63, 3.8) is 0 Å². The summed E-state index contributed by atoms with van der Waals surface area (Å²) in [5, 5.41) is 11.9. The zero-order valence-electron chi connectivity index (χ0n) is 16.6. The van der Waals surface area contributed by atoms with Gasteiger partial charge in [-0.3, -0.25) is 4.79 Å². The van der Waals surface area contributed by atoms with E-state index in [1.165, 1.54) is 19.3 Å². The Morgan fingerprint density at radius 1 is 1.17 bits per heavy atom. The number of para-hydroxylation sites is 1. The molecule has 7 nitrogen and oxygen atoms in total. The topological polar surface area (TPSA) is 97.7 Å². The van der Waals surface area contributed by atoms with Gasteiger partial charge in [-0.05, 0) is 58.3 Å². The van der Waals surface area contributed by atoms with Gasteiger partial charge >= 0.3 is 5.97 Å². The second kappa shape index (κ2) is 11.6. The minimum Gasteiger partial charge on any atom is -0.493 e. The molecule has 0 atom stereocenters. The van der Waals surface area contributed by atoms with Gasteiger partial charge in [0.25, 0.3) is 5.91 Å². The van der Waals surface area contributed by atoms with Gasteiger partial charge in [-0.25, -0.2) is 4.79 Å². The summed E-state index contributed by atoms with van der Waals surface area (Å²) in [6.07, 6.45) is 2.21. The zero-order chi connectivity index (χ0) is 21.9. The van der Waals surface area contributed by atoms with Crippen LogP contribution >= 0.6 is 15.9 Å². The van der Waals surface area contributed by atoms with E-state index in [1.54, 1.807) is 30.3 Å². The van der Waals surface area contributed by atoms with Crippen molar-refractivity contribution in [1.82, 2.24) is 5.32 Å². The maximum absolute atomic E-state index is 12.1. The number of methoxy groups -OCH3 is 1. The summed E-state index contributed by atoms with van der Waals surface area (Å²) in [6.45, 7) is 2.12. The summed E-state index contributed by atoms with van der Waals surface area (Å²) >= 11 is 3.34. The first-order chi connectivity index (χ1) is 14.5. The molecule has 0 aliphatic heterocycles. The Morgan fingerprint density at radius 3 is 2.60 bits per heavy atom. The number of nitrogens with one attached hydrogen (secondary N) is 1. The number of ether oxygens (including phenoxy) is 3. The summed E-state index contributed by atoms with van der Waals surface area (Å²) in [6, 6.07) is 13.7. The van der Waals surface area contributed by atoms with Gasteiger partial charge in [0, 0.05) is 6.54 Å². The normalized spacial score (nSPS) is 10.7. The van der Waals surface area contributed by atoms with Crippen LogP contribution < -0.4 is 19.5 Å². The summed E-state index contributed by atoms with van der Waals surface area (Å²) in [5.74, 6) is -0.0529. The lowest BCUT2D eigenvalue weighted by molar-refractivity contribution is -0.136. The maximum Gasteiger partial charge on any atom is 0.349 e. The van der Waals surface area contributed by atoms with Gasteiger partial charge in [-0.2, -0.15) is 5.26 Å². The fraction of sp³-hybridized carbons (Fsp3) is 0.227. The first-order valence-electron chi connectivity index (χ1n) is 9.14. The van der Waals surface area contributed by atoms with Gasteiger partial charge in [0.05, 0.1) is 11.6 Å². The molecule has 1 N–H and O–H groups in total. The van der Waals surface area contributed by atoms with Crippen LogP contribution in [-0.2, 0) is 9.59 Å². The Kier molecular flexibility index (Phi) is 8.91. The highest BCUT2D eigenvalue weighted by molar-refractivity contribution is 9.10. The monoisotopic (exact) mass is 472 g/mol. The highest BCUT2D eigenvalue weighted by atomic mass is 79.9. The van der Waals surface area contributed by atoms with E-state index < -0.39 is 11.9 Å². The molecule has 0 saturated carbocycles. The summed E-state index contributed by atoms with van der Waals surface area (Å²) in [7, 11) is 1.43. The van der Waals surface area contributed by atoms with Crippen molar-refractivity contribution in [2.75, 3.05) is 20.3 Å². The van der Waals surface area contributed by atoms with E-state index in [4.69, 9.17) is 14.2 Å². The molecule has 0 spiro atoms. The third-order valence-electron chi connectivity index (χ3n) is 3.81. The van der Waals surface area contributed by atoms with Crippen molar-refractivity contribution >= 4 is 33.9 Å². The third kappa shape index (κ3) is 6.64. The quantitative estimate of drug-likeness (QED) is 0.257. The average Bonchev–Trinajstić information content (AvgIpc) is 2.76. The van der Waals surface area contributed by atoms with Crippen molar-refractivity contribution in [3.05, 3.63) is 58.1 Å². The average molecular weight is 473 g/mol. The number of carbonyl (C=O) groups excluding carboxylic acids is 2. The number of amides is 1. The van der Waals surface area contributed by atoms with Gasteiger partial charge in [-0.15, -0.1) is 0 Å². The number of esters is 1. The molecule has 0 radical (unpaired) electrons. The third-order valence-corrected chi connectivity index (χ3v) is 4.46. The largest absolute Gasteiger partial charge is 0.493 e. The Labute approximate surface area is 183 Å². The molecule has 8 heteroatoms. The molecule has 0 bridgehead atoms. The fourth-order valence-electron chi connectivity index (χ4n) is 2.36. The van der Waals surface area contributed by atoms with Crippen LogP contribution in [-0.4, -0.2) is 32.1 Å². The van der Waals surface area contributed by atoms with Crippen LogP contribution in [0.1, 0.15) is 18.9 Å². The summed E-state index contributed by atoms with van der Waals surface area (Å²) in [5.41, 5.74) is 0.524. The minimum absolute atomic E-state index is 0.0305. The van der Waals surface area contributed by atoms with E-state index in [0.717, 1.165) is 10.9 Å². The number of benzene rings is 2. The number of nitriles is 1. The number of rotatable bonds is 9. The van der Waals surface area contributed by atoms with Crippen molar-refractivity contribution in [3.8, 4) is 23.3 Å². The van der Waals surface area contributed by atoms with Gasteiger partial charge in [0.15, 0.2) is 18.1 Å². The molecule has 2 rings (SSSR count). The molecule has 156 valence electrons. The molecule has 0 unspecified atom stereocenters. The van der Waals surface area contributed by atoms with Gasteiger partial charge < -0.3 is 19.5 Å². The predicted octanol–water partition coefficient (Wildman–Crippen LogP) is 3.88. The molecule has 30 heavy (non-hydrogen) atoms. The van der Waals surface area contributed by atoms with Crippen LogP contribution in [0.25, 0.3) is 6.08 Å². The van der Waals surface area contributed by atoms with Crippen LogP contribution in [0.15, 0.2) is 52.5 Å². The first-order valence-corrected chi connectivity index (χ1v) is 9.93. The predicted molar refractivity (Wildman–Crippen MR) is 115 cm³/mol. The number of carbonyl (C=O) groups is 2. The molecular formula is C22H21BrN2O5. The molecule has 1 amide bonds. The molecule has 2 aromatic carbocycles. The van der Waals surface area contributed by atoms with Crippen molar-refractivity contribution in [2.24, 2.45) is 0 Å². The van der Waals surface area contributed by atoms with Crippen LogP contribution in [0.3, 0.4) is 0 Å². The fourth-order valence-corrected chi connectivity index (χ4v) is 2.76. The summed E-state index contributed by atoms with van der Waals surface area (Å²) in [4.78, 5) is 24.1. The molecule has 2 aromatic rings. The van der Waals surface area contributed by atoms with E-state index in [0.29, 0.717) is 17.9 Å². The zero-order valence-corrected chi connectivity index (χ0v) is 18.2. The molecule has 0 fully saturated rings. The molecule has 0 aliphatic rings. The SMILES string of the molecule is CCCNC(=O)/C(C#N)=C/c1ccc(OC(=O)COc2ccccc2Br)c(OC)c1. The second-order valence-electron chi connectivity index (χ2n) is 6.03. The molecular weight excluding hydrogens is 452 g/mol. The lowest BCUT2D eigenvalue weighted by Gasteiger charge is -2.11. The molecule has 0 aromatic heterocycles. The first kappa shape index (κ1) is 23.0. The lowest BCUT2D eigenvalue weighted by atomic mass is 10.1. The molecule has 0 aliphatic carbocycles. The smallest absolute Gasteiger partial charge is 0.349 e. The van der Waals surface area contributed by atoms with Crippen molar-refractivity contribution < 1.29 is 23.8 Å². The number of hydrogen-bond acceptors (Lipinski definition) is 6. The number of halogens is 1. The van der Waals surface area contributed by atoms with Crippen LogP contribution in [0.4, 0.5) is 0 Å². The maximum atomic E-state index is 12.1. The standard InChI is InChI=1S/C22H21BrN2O5/c1-3-10-25-22(27)16(13-24)11-15-8-9-19(20(12-15)28-2)30-21(26)14-29-18-7-5-4-6-17(18)23/h4-9,11-12H,3,10,14H2,1-2H3,(H,25,27)/b16-11+. The Balaban J connectivity index is 2.08. The van der Waals surface area contributed by atoms with Gasteiger partial charge in [-0.1, -0.05) is 25.1 Å². The highest BCUT2D eigenvalue weighted by Gasteiger charge is 2.13. The minimum atomic E-state index is -0.607. The van der Waals surface area contributed by atoms with Crippen LogP contribution in [0.5, 0.6) is 17.2 Å². The Morgan fingerprint density at radius 2 is 1.93 bits per heavy atom.